The first-order valence-corrected chi connectivity index (χ1v) is 8.03. The molecule has 7 heteroatoms. The van der Waals surface area contributed by atoms with Crippen molar-refractivity contribution in [1.82, 2.24) is 29.2 Å². The molecule has 0 radical (unpaired) electrons. The molecular weight excluding hydrogens is 296 g/mol. The van der Waals surface area contributed by atoms with Crippen LogP contribution in [0.5, 0.6) is 0 Å². The number of imidazole rings is 1. The number of thiophene rings is 1. The first-order chi connectivity index (χ1) is 10.6. The Labute approximate surface area is 134 Å². The minimum absolute atomic E-state index is 0.0874. The summed E-state index contributed by atoms with van der Waals surface area (Å²) < 4.78 is 4.09. The van der Waals surface area contributed by atoms with Crippen LogP contribution in [0.3, 0.4) is 0 Å². The molecular formula is C15H20N6S. The summed E-state index contributed by atoms with van der Waals surface area (Å²) in [6.45, 7) is 3.06. The van der Waals surface area contributed by atoms with Crippen molar-refractivity contribution in [2.45, 2.75) is 19.5 Å². The fourth-order valence-corrected chi connectivity index (χ4v) is 3.46. The van der Waals surface area contributed by atoms with Gasteiger partial charge in [0.05, 0.1) is 10.9 Å². The van der Waals surface area contributed by atoms with Crippen molar-refractivity contribution in [3.05, 3.63) is 41.6 Å². The van der Waals surface area contributed by atoms with Gasteiger partial charge >= 0.3 is 0 Å². The van der Waals surface area contributed by atoms with Crippen molar-refractivity contribution >= 4 is 11.3 Å². The van der Waals surface area contributed by atoms with E-state index in [0.29, 0.717) is 0 Å². The lowest BCUT2D eigenvalue weighted by Gasteiger charge is -2.14. The van der Waals surface area contributed by atoms with Gasteiger partial charge in [0, 0.05) is 26.0 Å². The molecule has 116 valence electrons. The Balaban J connectivity index is 1.92. The third-order valence-corrected chi connectivity index (χ3v) is 4.55. The lowest BCUT2D eigenvalue weighted by atomic mass is 10.2. The van der Waals surface area contributed by atoms with Gasteiger partial charge < -0.3 is 14.0 Å². The van der Waals surface area contributed by atoms with E-state index in [9.17, 15) is 0 Å². The number of aromatic nitrogens is 5. The fourth-order valence-electron chi connectivity index (χ4n) is 2.55. The molecule has 3 rings (SSSR count). The maximum Gasteiger partial charge on any atom is 0.155 e. The Hall–Kier alpha value is -1.99. The summed E-state index contributed by atoms with van der Waals surface area (Å²) in [5.41, 5.74) is 1.31. The monoisotopic (exact) mass is 316 g/mol. The third kappa shape index (κ3) is 2.82. The van der Waals surface area contributed by atoms with E-state index in [1.807, 2.05) is 24.0 Å². The first-order valence-electron chi connectivity index (χ1n) is 7.15. The molecule has 0 bridgehead atoms. The van der Waals surface area contributed by atoms with E-state index in [0.717, 1.165) is 18.2 Å². The Kier molecular flexibility index (Phi) is 4.08. The van der Waals surface area contributed by atoms with Crippen LogP contribution in [0, 0.1) is 0 Å². The SMILES string of the molecule is C[C@H](c1nncn1C)n1ccnc1-c1cc(CN(C)C)cs1. The van der Waals surface area contributed by atoms with Crippen molar-refractivity contribution in [3.8, 4) is 10.7 Å². The van der Waals surface area contributed by atoms with Crippen LogP contribution in [0.15, 0.2) is 30.2 Å². The molecule has 3 aromatic heterocycles. The molecule has 22 heavy (non-hydrogen) atoms. The fraction of sp³-hybridized carbons (Fsp3) is 0.400. The maximum absolute atomic E-state index is 4.54. The second kappa shape index (κ2) is 6.02. The lowest BCUT2D eigenvalue weighted by molar-refractivity contribution is 0.403. The van der Waals surface area contributed by atoms with Gasteiger partial charge in [-0.2, -0.15) is 0 Å². The van der Waals surface area contributed by atoms with Crippen LogP contribution in [0.2, 0.25) is 0 Å². The summed E-state index contributed by atoms with van der Waals surface area (Å²) in [5, 5.41) is 10.4. The molecule has 3 aromatic rings. The van der Waals surface area contributed by atoms with Crippen LogP contribution < -0.4 is 0 Å². The van der Waals surface area contributed by atoms with E-state index >= 15 is 0 Å². The summed E-state index contributed by atoms with van der Waals surface area (Å²) in [4.78, 5) is 7.89. The highest BCUT2D eigenvalue weighted by Gasteiger charge is 2.18. The molecule has 6 nitrogen and oxygen atoms in total. The predicted octanol–water partition coefficient (Wildman–Crippen LogP) is 2.41. The van der Waals surface area contributed by atoms with Gasteiger partial charge in [-0.25, -0.2) is 4.98 Å². The Morgan fingerprint density at radius 2 is 2.18 bits per heavy atom. The zero-order chi connectivity index (χ0) is 15.7. The molecule has 0 fully saturated rings. The van der Waals surface area contributed by atoms with Gasteiger partial charge in [-0.1, -0.05) is 0 Å². The van der Waals surface area contributed by atoms with E-state index < -0.39 is 0 Å². The van der Waals surface area contributed by atoms with Gasteiger partial charge in [0.2, 0.25) is 0 Å². The van der Waals surface area contributed by atoms with Crippen LogP contribution in [0.1, 0.15) is 24.4 Å². The van der Waals surface area contributed by atoms with E-state index in [1.54, 1.807) is 17.7 Å². The summed E-state index contributed by atoms with van der Waals surface area (Å²) in [7, 11) is 6.12. The van der Waals surface area contributed by atoms with Crippen LogP contribution in [0.4, 0.5) is 0 Å². The predicted molar refractivity (Wildman–Crippen MR) is 87.7 cm³/mol. The molecule has 0 aliphatic rings. The summed E-state index contributed by atoms with van der Waals surface area (Å²) in [6.07, 6.45) is 5.57. The highest BCUT2D eigenvalue weighted by Crippen LogP contribution is 2.29. The van der Waals surface area contributed by atoms with Gasteiger partial charge in [-0.15, -0.1) is 21.5 Å². The van der Waals surface area contributed by atoms with Crippen LogP contribution in [0.25, 0.3) is 10.7 Å². The Morgan fingerprint density at radius 1 is 1.36 bits per heavy atom. The van der Waals surface area contributed by atoms with E-state index in [2.05, 4.69) is 57.1 Å². The molecule has 0 N–H and O–H groups in total. The van der Waals surface area contributed by atoms with Gasteiger partial charge in [0.1, 0.15) is 6.33 Å². The molecule has 0 saturated carbocycles. The number of hydrogen-bond acceptors (Lipinski definition) is 5. The minimum Gasteiger partial charge on any atom is -0.320 e. The van der Waals surface area contributed by atoms with Gasteiger partial charge in [0.25, 0.3) is 0 Å². The molecule has 3 heterocycles. The molecule has 0 amide bonds. The number of hydrogen-bond donors (Lipinski definition) is 0. The van der Waals surface area contributed by atoms with Crippen molar-refractivity contribution in [2.75, 3.05) is 14.1 Å². The standard InChI is InChI=1S/C15H20N6S/c1-11(14-18-17-10-20(14)4)21-6-5-16-15(21)13-7-12(9-22-13)8-19(2)3/h5-7,9-11H,8H2,1-4H3/t11-/m1/s1. The molecule has 0 spiro atoms. The second-order valence-corrected chi connectivity index (χ2v) is 6.60. The van der Waals surface area contributed by atoms with Gasteiger partial charge in [-0.05, 0) is 38.0 Å². The van der Waals surface area contributed by atoms with Crippen molar-refractivity contribution in [1.29, 1.82) is 0 Å². The van der Waals surface area contributed by atoms with Crippen LogP contribution >= 0.6 is 11.3 Å². The van der Waals surface area contributed by atoms with Crippen molar-refractivity contribution in [2.24, 2.45) is 7.05 Å². The highest BCUT2D eigenvalue weighted by molar-refractivity contribution is 7.13. The Bertz CT molecular complexity index is 754. The second-order valence-electron chi connectivity index (χ2n) is 5.69. The quantitative estimate of drug-likeness (QED) is 0.725. The van der Waals surface area contributed by atoms with Gasteiger partial charge in [-0.3, -0.25) is 0 Å². The molecule has 0 aliphatic heterocycles. The highest BCUT2D eigenvalue weighted by atomic mass is 32.1. The minimum atomic E-state index is 0.0874. The normalized spacial score (nSPS) is 13.0. The van der Waals surface area contributed by atoms with E-state index in [4.69, 9.17) is 0 Å². The summed E-state index contributed by atoms with van der Waals surface area (Å²) in [6, 6.07) is 2.30. The van der Waals surface area contributed by atoms with Crippen LogP contribution in [-0.4, -0.2) is 43.3 Å². The first kappa shape index (κ1) is 14.9. The molecule has 0 unspecified atom stereocenters. The lowest BCUT2D eigenvalue weighted by Crippen LogP contribution is -2.12. The number of nitrogens with zero attached hydrogens (tertiary/aromatic N) is 6. The largest absolute Gasteiger partial charge is 0.320 e. The van der Waals surface area contributed by atoms with Crippen LogP contribution in [-0.2, 0) is 13.6 Å². The molecule has 0 aliphatic carbocycles. The Morgan fingerprint density at radius 3 is 2.86 bits per heavy atom. The number of rotatable bonds is 5. The maximum atomic E-state index is 4.54. The smallest absolute Gasteiger partial charge is 0.155 e. The molecule has 0 saturated heterocycles. The average Bonchev–Trinajstić information content (AvgIpc) is 3.16. The van der Waals surface area contributed by atoms with Gasteiger partial charge in [0.15, 0.2) is 11.6 Å². The van der Waals surface area contributed by atoms with Crippen molar-refractivity contribution < 1.29 is 0 Å². The molecule has 0 aromatic carbocycles. The van der Waals surface area contributed by atoms with E-state index in [-0.39, 0.29) is 6.04 Å². The van der Waals surface area contributed by atoms with E-state index in [1.165, 1.54) is 10.4 Å². The van der Waals surface area contributed by atoms with Crippen molar-refractivity contribution in [3.63, 3.8) is 0 Å². The average molecular weight is 316 g/mol. The number of aryl methyl sites for hydroxylation is 1. The zero-order valence-electron chi connectivity index (χ0n) is 13.3. The summed E-state index contributed by atoms with van der Waals surface area (Å²) in [5.74, 6) is 1.90. The zero-order valence-corrected chi connectivity index (χ0v) is 14.1. The third-order valence-electron chi connectivity index (χ3n) is 3.58. The molecule has 1 atom stereocenters. The topological polar surface area (TPSA) is 51.8 Å². The summed E-state index contributed by atoms with van der Waals surface area (Å²) >= 11 is 1.73.